The average Bonchev–Trinajstić information content (AvgIpc) is 2.66. The largest absolute Gasteiger partial charge is 0.416 e. The summed E-state index contributed by atoms with van der Waals surface area (Å²) in [5.41, 5.74) is 0.660. The number of rotatable bonds is 1. The van der Waals surface area contributed by atoms with Crippen LogP contribution in [0.4, 0.5) is 29.3 Å². The molecule has 0 aliphatic carbocycles. The number of amides is 2. The highest BCUT2D eigenvalue weighted by Gasteiger charge is 2.31. The van der Waals surface area contributed by atoms with Gasteiger partial charge >= 0.3 is 12.2 Å². The molecule has 0 bridgehead atoms. The van der Waals surface area contributed by atoms with E-state index in [4.69, 9.17) is 10.5 Å². The molecule has 1 aliphatic rings. The molecule has 140 valence electrons. The molecule has 6 nitrogen and oxygen atoms in total. The maximum atomic E-state index is 12.8. The second-order valence-corrected chi connectivity index (χ2v) is 6.57. The molecule has 1 aliphatic heterocycles. The van der Waals surface area contributed by atoms with E-state index in [0.717, 1.165) is 23.9 Å². The van der Waals surface area contributed by atoms with Crippen molar-refractivity contribution in [2.75, 3.05) is 5.32 Å². The van der Waals surface area contributed by atoms with Gasteiger partial charge in [0.25, 0.3) is 0 Å². The summed E-state index contributed by atoms with van der Waals surface area (Å²) in [6, 6.07) is 10.6. The minimum atomic E-state index is -4.43. The van der Waals surface area contributed by atoms with E-state index in [-0.39, 0.29) is 22.0 Å². The summed E-state index contributed by atoms with van der Waals surface area (Å²) >= 11 is 1.09. The van der Waals surface area contributed by atoms with Crippen molar-refractivity contribution in [3.05, 3.63) is 58.7 Å². The van der Waals surface area contributed by atoms with Crippen LogP contribution in [0.1, 0.15) is 22.3 Å². The Morgan fingerprint density at radius 2 is 1.82 bits per heavy atom. The lowest BCUT2D eigenvalue weighted by atomic mass is 10.1. The van der Waals surface area contributed by atoms with E-state index >= 15 is 0 Å². The van der Waals surface area contributed by atoms with E-state index in [1.165, 1.54) is 24.3 Å². The third kappa shape index (κ3) is 4.24. The smallest absolute Gasteiger partial charge is 0.308 e. The summed E-state index contributed by atoms with van der Waals surface area (Å²) < 4.78 is 38.3. The molecule has 0 unspecified atom stereocenters. The van der Waals surface area contributed by atoms with E-state index in [9.17, 15) is 18.0 Å². The summed E-state index contributed by atoms with van der Waals surface area (Å²) in [7, 11) is 0. The number of urea groups is 1. The van der Waals surface area contributed by atoms with Gasteiger partial charge in [-0.2, -0.15) is 23.7 Å². The highest BCUT2D eigenvalue weighted by molar-refractivity contribution is 8.13. The monoisotopic (exact) mass is 401 g/mol. The van der Waals surface area contributed by atoms with E-state index < -0.39 is 17.8 Å². The number of anilines is 1. The van der Waals surface area contributed by atoms with Crippen LogP contribution >= 0.6 is 11.8 Å². The van der Waals surface area contributed by atoms with Gasteiger partial charge in [0.05, 0.1) is 22.4 Å². The van der Waals surface area contributed by atoms with Crippen LogP contribution in [0.3, 0.4) is 0 Å². The van der Waals surface area contributed by atoms with Crippen LogP contribution in [0.2, 0.25) is 0 Å². The maximum absolute atomic E-state index is 12.8. The first-order valence-electron chi connectivity index (χ1n) is 7.74. The molecule has 2 aromatic carbocycles. The number of nitriles is 2. The zero-order valence-corrected chi connectivity index (χ0v) is 14.8. The standard InChI is InChI=1S/C18H10F3N5OS/c19-18(20,21)13-2-4-15-12(5-13)9-28-17(25-15)26-16(27)24-14-3-1-10(7-22)11(6-14)8-23/h1-6H,9H2,(H2,24,25,26,27). The molecule has 1 heterocycles. The third-order valence-corrected chi connectivity index (χ3v) is 4.65. The van der Waals surface area contributed by atoms with Crippen LogP contribution in [-0.4, -0.2) is 11.2 Å². The number of aliphatic imine (C=N–C) groups is 1. The number of carbonyl (C=O) groups excluding carboxylic acids is 1. The van der Waals surface area contributed by atoms with Crippen LogP contribution < -0.4 is 10.6 Å². The molecule has 0 radical (unpaired) electrons. The van der Waals surface area contributed by atoms with Gasteiger partial charge in [0, 0.05) is 11.4 Å². The first-order chi connectivity index (χ1) is 13.3. The molecule has 3 rings (SSSR count). The Bertz CT molecular complexity index is 1070. The van der Waals surface area contributed by atoms with Gasteiger partial charge in [0.1, 0.15) is 12.1 Å². The zero-order valence-electron chi connectivity index (χ0n) is 14.0. The van der Waals surface area contributed by atoms with E-state index in [2.05, 4.69) is 15.6 Å². The van der Waals surface area contributed by atoms with Crippen molar-refractivity contribution >= 4 is 34.3 Å². The van der Waals surface area contributed by atoms with Crippen LogP contribution in [-0.2, 0) is 11.9 Å². The fourth-order valence-corrected chi connectivity index (χ4v) is 3.26. The number of halogens is 3. The fourth-order valence-electron chi connectivity index (χ4n) is 2.41. The lowest BCUT2D eigenvalue weighted by Crippen LogP contribution is -2.33. The number of thioether (sulfide) groups is 1. The summed E-state index contributed by atoms with van der Waals surface area (Å²) in [4.78, 5) is 16.3. The normalized spacial score (nSPS) is 12.8. The predicted octanol–water partition coefficient (Wildman–Crippen LogP) is 4.50. The molecule has 0 saturated carbocycles. The van der Waals surface area contributed by atoms with Gasteiger partial charge in [-0.15, -0.1) is 0 Å². The summed E-state index contributed by atoms with van der Waals surface area (Å²) in [5, 5.41) is 23.2. The molecule has 10 heteroatoms. The van der Waals surface area contributed by atoms with Crippen LogP contribution in [0.5, 0.6) is 0 Å². The summed E-state index contributed by atoms with van der Waals surface area (Å²) in [6.07, 6.45) is -4.43. The van der Waals surface area contributed by atoms with Crippen molar-refractivity contribution in [3.63, 3.8) is 0 Å². The number of nitrogens with one attached hydrogen (secondary N) is 2. The Morgan fingerprint density at radius 1 is 1.07 bits per heavy atom. The fraction of sp³-hybridized carbons (Fsp3) is 0.111. The second-order valence-electron chi connectivity index (χ2n) is 5.61. The lowest BCUT2D eigenvalue weighted by molar-refractivity contribution is -0.137. The van der Waals surface area contributed by atoms with Gasteiger partial charge < -0.3 is 5.32 Å². The lowest BCUT2D eigenvalue weighted by Gasteiger charge is -2.17. The number of hydrogen-bond acceptors (Lipinski definition) is 5. The molecule has 0 aromatic heterocycles. The molecule has 0 atom stereocenters. The molecule has 2 aromatic rings. The Kier molecular flexibility index (Phi) is 5.25. The van der Waals surface area contributed by atoms with Gasteiger partial charge in [0.15, 0.2) is 5.17 Å². The molecular weight excluding hydrogens is 391 g/mol. The van der Waals surface area contributed by atoms with Crippen molar-refractivity contribution in [1.82, 2.24) is 5.32 Å². The first kappa shape index (κ1) is 19.3. The SMILES string of the molecule is N#Cc1ccc(NC(=O)NC2=Nc3ccc(C(F)(F)F)cc3CS2)cc1C#N. The number of amidine groups is 1. The number of benzene rings is 2. The van der Waals surface area contributed by atoms with Crippen molar-refractivity contribution in [2.24, 2.45) is 4.99 Å². The average molecular weight is 401 g/mol. The molecular formula is C18H10F3N5OS. The number of alkyl halides is 3. The van der Waals surface area contributed by atoms with Crippen molar-refractivity contribution in [3.8, 4) is 12.1 Å². The zero-order chi connectivity index (χ0) is 20.3. The van der Waals surface area contributed by atoms with Crippen LogP contribution in [0.25, 0.3) is 0 Å². The quantitative estimate of drug-likeness (QED) is 0.734. The Hall–Kier alpha value is -3.50. The second kappa shape index (κ2) is 7.62. The minimum Gasteiger partial charge on any atom is -0.308 e. The maximum Gasteiger partial charge on any atom is 0.416 e. The van der Waals surface area contributed by atoms with E-state index in [1.807, 2.05) is 12.1 Å². The highest BCUT2D eigenvalue weighted by Crippen LogP contribution is 2.36. The number of hydrogen-bond donors (Lipinski definition) is 2. The molecule has 2 amide bonds. The predicted molar refractivity (Wildman–Crippen MR) is 97.9 cm³/mol. The minimum absolute atomic E-state index is 0.124. The third-order valence-electron chi connectivity index (χ3n) is 3.73. The van der Waals surface area contributed by atoms with Crippen molar-refractivity contribution in [1.29, 1.82) is 10.5 Å². The molecule has 2 N–H and O–H groups in total. The van der Waals surface area contributed by atoms with Crippen molar-refractivity contribution < 1.29 is 18.0 Å². The topological polar surface area (TPSA) is 101 Å². The van der Waals surface area contributed by atoms with Gasteiger partial charge in [-0.25, -0.2) is 9.79 Å². The van der Waals surface area contributed by atoms with Crippen molar-refractivity contribution in [2.45, 2.75) is 11.9 Å². The van der Waals surface area contributed by atoms with Gasteiger partial charge in [0.2, 0.25) is 0 Å². The number of fused-ring (bicyclic) bond motifs is 1. The van der Waals surface area contributed by atoms with Crippen LogP contribution in [0, 0.1) is 22.7 Å². The highest BCUT2D eigenvalue weighted by atomic mass is 32.2. The Balaban J connectivity index is 1.71. The Morgan fingerprint density at radius 3 is 2.50 bits per heavy atom. The molecule has 0 saturated heterocycles. The van der Waals surface area contributed by atoms with Gasteiger partial charge in [-0.05, 0) is 42.0 Å². The molecule has 28 heavy (non-hydrogen) atoms. The Labute approximate surface area is 161 Å². The summed E-state index contributed by atoms with van der Waals surface area (Å²) in [5.74, 6) is 0.230. The van der Waals surface area contributed by atoms with E-state index in [0.29, 0.717) is 16.9 Å². The van der Waals surface area contributed by atoms with E-state index in [1.54, 1.807) is 0 Å². The number of carbonyl (C=O) groups is 1. The van der Waals surface area contributed by atoms with Crippen LogP contribution in [0.15, 0.2) is 41.4 Å². The van der Waals surface area contributed by atoms with Gasteiger partial charge in [-0.1, -0.05) is 11.8 Å². The molecule has 0 fully saturated rings. The number of nitrogens with zero attached hydrogens (tertiary/aromatic N) is 3. The molecule has 0 spiro atoms. The first-order valence-corrected chi connectivity index (χ1v) is 8.72. The van der Waals surface area contributed by atoms with Gasteiger partial charge in [-0.3, -0.25) is 5.32 Å². The summed E-state index contributed by atoms with van der Waals surface area (Å²) in [6.45, 7) is 0.